The van der Waals surface area contributed by atoms with Gasteiger partial charge >= 0.3 is 5.97 Å². The molecule has 0 spiro atoms. The number of carbonyl (C=O) groups is 1. The van der Waals surface area contributed by atoms with Gasteiger partial charge in [-0.15, -0.1) is 0 Å². The average molecular weight is 314 g/mol. The zero-order valence-electron chi connectivity index (χ0n) is 9.44. The summed E-state index contributed by atoms with van der Waals surface area (Å²) < 4.78 is 23.7. The van der Waals surface area contributed by atoms with E-state index < -0.39 is 11.8 Å². The number of esters is 1. The van der Waals surface area contributed by atoms with Gasteiger partial charge in [-0.25, -0.2) is 14.2 Å². The fourth-order valence-corrected chi connectivity index (χ4v) is 1.68. The van der Waals surface area contributed by atoms with Crippen LogP contribution in [0.25, 0.3) is 11.3 Å². The van der Waals surface area contributed by atoms with Crippen molar-refractivity contribution in [3.8, 4) is 11.3 Å². The summed E-state index contributed by atoms with van der Waals surface area (Å²) in [6.45, 7) is 1.93. The highest BCUT2D eigenvalue weighted by molar-refractivity contribution is 9.10. The van der Waals surface area contributed by atoms with Crippen LogP contribution in [-0.4, -0.2) is 17.6 Å². The molecule has 94 valence electrons. The highest BCUT2D eigenvalue weighted by atomic mass is 79.9. The van der Waals surface area contributed by atoms with E-state index in [0.29, 0.717) is 10.0 Å². The molecule has 0 radical (unpaired) electrons. The topological polar surface area (TPSA) is 52.3 Å². The number of nitrogens with zero attached hydrogens (tertiary/aromatic N) is 1. The number of hydrogen-bond acceptors (Lipinski definition) is 4. The molecule has 0 unspecified atom stereocenters. The zero-order chi connectivity index (χ0) is 13.1. The van der Waals surface area contributed by atoms with Crippen LogP contribution in [0.5, 0.6) is 0 Å². The normalized spacial score (nSPS) is 10.4. The first-order valence-electron chi connectivity index (χ1n) is 5.19. The van der Waals surface area contributed by atoms with Gasteiger partial charge in [-0.1, -0.05) is 0 Å². The van der Waals surface area contributed by atoms with Crippen LogP contribution in [0.15, 0.2) is 33.5 Å². The Labute approximate surface area is 111 Å². The van der Waals surface area contributed by atoms with Gasteiger partial charge in [0.1, 0.15) is 5.82 Å². The van der Waals surface area contributed by atoms with Crippen molar-refractivity contribution < 1.29 is 18.3 Å². The molecular weight excluding hydrogens is 305 g/mol. The molecule has 4 nitrogen and oxygen atoms in total. The third-order valence-corrected chi connectivity index (χ3v) is 2.86. The van der Waals surface area contributed by atoms with Crippen LogP contribution >= 0.6 is 15.9 Å². The van der Waals surface area contributed by atoms with Gasteiger partial charge < -0.3 is 9.15 Å². The molecule has 0 N–H and O–H groups in total. The largest absolute Gasteiger partial charge is 0.461 e. The van der Waals surface area contributed by atoms with Crippen LogP contribution in [-0.2, 0) is 4.74 Å². The van der Waals surface area contributed by atoms with Crippen LogP contribution in [0.3, 0.4) is 0 Å². The summed E-state index contributed by atoms with van der Waals surface area (Å²) in [7, 11) is 0. The minimum atomic E-state index is -0.593. The summed E-state index contributed by atoms with van der Waals surface area (Å²) in [5.74, 6) is -0.844. The SMILES string of the molecule is CCOC(=O)c1ncoc1-c1ccc(Br)c(F)c1. The first kappa shape index (κ1) is 12.8. The van der Waals surface area contributed by atoms with E-state index in [1.165, 1.54) is 12.1 Å². The second kappa shape index (κ2) is 5.30. The number of hydrogen-bond donors (Lipinski definition) is 0. The van der Waals surface area contributed by atoms with E-state index in [4.69, 9.17) is 9.15 Å². The number of ether oxygens (including phenoxy) is 1. The van der Waals surface area contributed by atoms with Gasteiger partial charge in [0, 0.05) is 5.56 Å². The van der Waals surface area contributed by atoms with Crippen LogP contribution < -0.4 is 0 Å². The first-order chi connectivity index (χ1) is 8.63. The second-order valence-electron chi connectivity index (χ2n) is 3.38. The Morgan fingerprint density at radius 2 is 2.33 bits per heavy atom. The molecule has 0 bridgehead atoms. The highest BCUT2D eigenvalue weighted by Crippen LogP contribution is 2.27. The fourth-order valence-electron chi connectivity index (χ4n) is 1.43. The third kappa shape index (κ3) is 2.43. The second-order valence-corrected chi connectivity index (χ2v) is 4.23. The number of oxazole rings is 1. The number of aromatic nitrogens is 1. The molecule has 1 aromatic carbocycles. The summed E-state index contributed by atoms with van der Waals surface area (Å²) in [6, 6.07) is 4.41. The van der Waals surface area contributed by atoms with E-state index in [9.17, 15) is 9.18 Å². The summed E-state index contributed by atoms with van der Waals surface area (Å²) in [4.78, 5) is 15.4. The lowest BCUT2D eigenvalue weighted by molar-refractivity contribution is 0.0520. The molecule has 2 aromatic rings. The molecule has 0 aliphatic carbocycles. The molecule has 6 heteroatoms. The van der Waals surface area contributed by atoms with E-state index in [0.717, 1.165) is 6.39 Å². The van der Waals surface area contributed by atoms with Crippen molar-refractivity contribution in [3.05, 3.63) is 40.6 Å². The fraction of sp³-hybridized carbons (Fsp3) is 0.167. The summed E-state index contributed by atoms with van der Waals surface area (Å²) in [5, 5.41) is 0. The van der Waals surface area contributed by atoms with E-state index >= 15 is 0 Å². The lowest BCUT2D eigenvalue weighted by Gasteiger charge is -2.02. The van der Waals surface area contributed by atoms with Crippen LogP contribution in [0.2, 0.25) is 0 Å². The predicted molar refractivity (Wildman–Crippen MR) is 65.6 cm³/mol. The zero-order valence-corrected chi connectivity index (χ0v) is 11.0. The Balaban J connectivity index is 2.42. The summed E-state index contributed by atoms with van der Waals surface area (Å²) in [5.41, 5.74) is 0.467. The monoisotopic (exact) mass is 313 g/mol. The molecule has 1 heterocycles. The Bertz CT molecular complexity index is 582. The quantitative estimate of drug-likeness (QED) is 0.815. The van der Waals surface area contributed by atoms with Gasteiger partial charge in [-0.2, -0.15) is 0 Å². The van der Waals surface area contributed by atoms with Gasteiger partial charge in [0.15, 0.2) is 17.8 Å². The van der Waals surface area contributed by atoms with E-state index in [-0.39, 0.29) is 18.1 Å². The molecular formula is C12H9BrFNO3. The summed E-state index contributed by atoms with van der Waals surface area (Å²) >= 11 is 3.05. The molecule has 0 fully saturated rings. The minimum Gasteiger partial charge on any atom is -0.461 e. The number of rotatable bonds is 3. The molecule has 0 saturated carbocycles. The lowest BCUT2D eigenvalue weighted by Crippen LogP contribution is -2.06. The van der Waals surface area contributed by atoms with E-state index in [1.54, 1.807) is 13.0 Å². The molecule has 0 aliphatic rings. The number of carbonyl (C=O) groups excluding carboxylic acids is 1. The molecule has 1 aromatic heterocycles. The maximum atomic E-state index is 13.4. The van der Waals surface area contributed by atoms with Crippen molar-refractivity contribution in [2.24, 2.45) is 0 Å². The van der Waals surface area contributed by atoms with Crippen molar-refractivity contribution in [1.82, 2.24) is 4.98 Å². The number of halogens is 2. The molecule has 0 amide bonds. The van der Waals surface area contributed by atoms with Crippen molar-refractivity contribution in [2.75, 3.05) is 6.61 Å². The first-order valence-corrected chi connectivity index (χ1v) is 5.98. The molecule has 2 rings (SSSR count). The van der Waals surface area contributed by atoms with Crippen molar-refractivity contribution in [1.29, 1.82) is 0 Å². The Hall–Kier alpha value is -1.69. The molecule has 0 atom stereocenters. The lowest BCUT2D eigenvalue weighted by atomic mass is 10.1. The highest BCUT2D eigenvalue weighted by Gasteiger charge is 2.19. The number of benzene rings is 1. The maximum Gasteiger partial charge on any atom is 0.360 e. The Morgan fingerprint density at radius 1 is 1.56 bits per heavy atom. The van der Waals surface area contributed by atoms with Gasteiger partial charge in [-0.3, -0.25) is 0 Å². The predicted octanol–water partition coefficient (Wildman–Crippen LogP) is 3.42. The van der Waals surface area contributed by atoms with Crippen LogP contribution in [0.1, 0.15) is 17.4 Å². The third-order valence-electron chi connectivity index (χ3n) is 2.22. The van der Waals surface area contributed by atoms with Gasteiger partial charge in [-0.05, 0) is 41.1 Å². The molecule has 0 aliphatic heterocycles. The van der Waals surface area contributed by atoms with Crippen molar-refractivity contribution >= 4 is 21.9 Å². The van der Waals surface area contributed by atoms with Gasteiger partial charge in [0.05, 0.1) is 11.1 Å². The van der Waals surface area contributed by atoms with Crippen LogP contribution in [0, 0.1) is 5.82 Å². The Morgan fingerprint density at radius 3 is 3.00 bits per heavy atom. The van der Waals surface area contributed by atoms with Gasteiger partial charge in [0.25, 0.3) is 0 Å². The van der Waals surface area contributed by atoms with E-state index in [1.807, 2.05) is 0 Å². The van der Waals surface area contributed by atoms with E-state index in [2.05, 4.69) is 20.9 Å². The maximum absolute atomic E-state index is 13.4. The Kier molecular flexibility index (Phi) is 3.76. The smallest absolute Gasteiger partial charge is 0.360 e. The van der Waals surface area contributed by atoms with Crippen molar-refractivity contribution in [3.63, 3.8) is 0 Å². The minimum absolute atomic E-state index is 0.0403. The van der Waals surface area contributed by atoms with Gasteiger partial charge in [0.2, 0.25) is 0 Å². The van der Waals surface area contributed by atoms with Crippen molar-refractivity contribution in [2.45, 2.75) is 6.92 Å². The summed E-state index contributed by atoms with van der Waals surface area (Å²) in [6.07, 6.45) is 1.13. The average Bonchev–Trinajstić information content (AvgIpc) is 2.82. The standard InChI is InChI=1S/C12H9BrFNO3/c1-2-17-12(16)10-11(18-6-15-10)7-3-4-8(13)9(14)5-7/h3-6H,2H2,1H3. The molecule has 0 saturated heterocycles. The molecule has 18 heavy (non-hydrogen) atoms. The van der Waals surface area contributed by atoms with Crippen LogP contribution in [0.4, 0.5) is 4.39 Å².